The zero-order chi connectivity index (χ0) is 13.5. The van der Waals surface area contributed by atoms with Crippen molar-refractivity contribution in [2.24, 2.45) is 5.92 Å². The Balaban J connectivity index is 2.73. The molecule has 1 aromatic rings. The first-order valence-corrected chi connectivity index (χ1v) is 6.92. The van der Waals surface area contributed by atoms with E-state index in [1.165, 1.54) is 16.7 Å². The van der Waals surface area contributed by atoms with Gasteiger partial charge in [0.15, 0.2) is 0 Å². The van der Waals surface area contributed by atoms with E-state index in [4.69, 9.17) is 4.74 Å². The second-order valence-electron chi connectivity index (χ2n) is 5.40. The van der Waals surface area contributed by atoms with E-state index in [-0.39, 0.29) is 0 Å². The van der Waals surface area contributed by atoms with E-state index in [1.54, 1.807) is 0 Å². The standard InChI is InChI=1S/C16H27NO/c1-6-17-16(11-18-10-12(2)3)15-9-13(4)7-8-14(15)5/h7-9,12,16-17H,6,10-11H2,1-5H3. The molecular formula is C16H27NO. The van der Waals surface area contributed by atoms with Crippen molar-refractivity contribution in [3.63, 3.8) is 0 Å². The highest BCUT2D eigenvalue weighted by Gasteiger charge is 2.13. The van der Waals surface area contributed by atoms with Crippen molar-refractivity contribution in [2.75, 3.05) is 19.8 Å². The van der Waals surface area contributed by atoms with Crippen molar-refractivity contribution in [1.82, 2.24) is 5.32 Å². The summed E-state index contributed by atoms with van der Waals surface area (Å²) < 4.78 is 5.80. The van der Waals surface area contributed by atoms with Gasteiger partial charge in [0.25, 0.3) is 0 Å². The minimum absolute atomic E-state index is 0.300. The van der Waals surface area contributed by atoms with Crippen molar-refractivity contribution < 1.29 is 4.74 Å². The third-order valence-electron chi connectivity index (χ3n) is 3.00. The largest absolute Gasteiger partial charge is 0.379 e. The summed E-state index contributed by atoms with van der Waals surface area (Å²) in [6, 6.07) is 6.92. The van der Waals surface area contributed by atoms with E-state index >= 15 is 0 Å². The number of rotatable bonds is 7. The van der Waals surface area contributed by atoms with Gasteiger partial charge in [-0.1, -0.05) is 44.5 Å². The lowest BCUT2D eigenvalue weighted by Gasteiger charge is -2.21. The van der Waals surface area contributed by atoms with Crippen LogP contribution in [0, 0.1) is 19.8 Å². The zero-order valence-corrected chi connectivity index (χ0v) is 12.4. The Hall–Kier alpha value is -0.860. The molecule has 0 spiro atoms. The second kappa shape index (κ2) is 7.55. The van der Waals surface area contributed by atoms with Crippen LogP contribution in [0.25, 0.3) is 0 Å². The molecule has 0 bridgehead atoms. The van der Waals surface area contributed by atoms with E-state index in [1.807, 2.05) is 0 Å². The molecule has 1 aromatic carbocycles. The maximum atomic E-state index is 5.80. The maximum absolute atomic E-state index is 5.80. The minimum atomic E-state index is 0.300. The molecule has 1 atom stereocenters. The normalized spacial score (nSPS) is 13.0. The van der Waals surface area contributed by atoms with E-state index in [0.29, 0.717) is 12.0 Å². The number of likely N-dealkylation sites (N-methyl/N-ethyl adjacent to an activating group) is 1. The molecule has 1 N–H and O–H groups in total. The van der Waals surface area contributed by atoms with Gasteiger partial charge in [0.05, 0.1) is 12.6 Å². The zero-order valence-electron chi connectivity index (χ0n) is 12.4. The van der Waals surface area contributed by atoms with Crippen LogP contribution in [0.1, 0.15) is 43.5 Å². The lowest BCUT2D eigenvalue weighted by atomic mass is 9.99. The number of hydrogen-bond acceptors (Lipinski definition) is 2. The molecule has 102 valence electrons. The van der Waals surface area contributed by atoms with Gasteiger partial charge in [-0.05, 0) is 37.4 Å². The Morgan fingerprint density at radius 1 is 1.17 bits per heavy atom. The van der Waals surface area contributed by atoms with Gasteiger partial charge in [-0.25, -0.2) is 0 Å². The highest BCUT2D eigenvalue weighted by Crippen LogP contribution is 2.20. The number of benzene rings is 1. The molecule has 0 aliphatic heterocycles. The molecule has 0 aliphatic carbocycles. The predicted molar refractivity (Wildman–Crippen MR) is 78.0 cm³/mol. The van der Waals surface area contributed by atoms with Crippen LogP contribution in [0.4, 0.5) is 0 Å². The van der Waals surface area contributed by atoms with Crippen molar-refractivity contribution >= 4 is 0 Å². The van der Waals surface area contributed by atoms with Gasteiger partial charge in [-0.2, -0.15) is 0 Å². The molecule has 0 fully saturated rings. The van der Waals surface area contributed by atoms with Gasteiger partial charge in [-0.3, -0.25) is 0 Å². The molecule has 0 aliphatic rings. The van der Waals surface area contributed by atoms with Gasteiger partial charge in [0.2, 0.25) is 0 Å². The van der Waals surface area contributed by atoms with Crippen molar-refractivity contribution in [2.45, 2.75) is 40.7 Å². The Morgan fingerprint density at radius 3 is 2.50 bits per heavy atom. The topological polar surface area (TPSA) is 21.3 Å². The summed E-state index contributed by atoms with van der Waals surface area (Å²) >= 11 is 0. The number of ether oxygens (including phenoxy) is 1. The first kappa shape index (κ1) is 15.2. The van der Waals surface area contributed by atoms with Gasteiger partial charge in [0.1, 0.15) is 0 Å². The van der Waals surface area contributed by atoms with Crippen LogP contribution < -0.4 is 5.32 Å². The first-order valence-electron chi connectivity index (χ1n) is 6.92. The van der Waals surface area contributed by atoms with E-state index in [2.05, 4.69) is 58.1 Å². The van der Waals surface area contributed by atoms with Crippen LogP contribution in [-0.4, -0.2) is 19.8 Å². The van der Waals surface area contributed by atoms with E-state index < -0.39 is 0 Å². The lowest BCUT2D eigenvalue weighted by molar-refractivity contribution is 0.0904. The highest BCUT2D eigenvalue weighted by molar-refractivity contribution is 5.33. The summed E-state index contributed by atoms with van der Waals surface area (Å²) in [4.78, 5) is 0. The van der Waals surface area contributed by atoms with Crippen molar-refractivity contribution in [3.8, 4) is 0 Å². The summed E-state index contributed by atoms with van der Waals surface area (Å²) in [7, 11) is 0. The quantitative estimate of drug-likeness (QED) is 0.797. The number of hydrogen-bond donors (Lipinski definition) is 1. The fraction of sp³-hybridized carbons (Fsp3) is 0.625. The molecule has 0 saturated heterocycles. The molecule has 1 rings (SSSR count). The van der Waals surface area contributed by atoms with Crippen LogP contribution >= 0.6 is 0 Å². The Morgan fingerprint density at radius 2 is 1.89 bits per heavy atom. The third-order valence-corrected chi connectivity index (χ3v) is 3.00. The van der Waals surface area contributed by atoms with Gasteiger partial charge in [-0.15, -0.1) is 0 Å². The van der Waals surface area contributed by atoms with E-state index in [0.717, 1.165) is 19.8 Å². The average molecular weight is 249 g/mol. The molecule has 1 unspecified atom stereocenters. The molecule has 2 nitrogen and oxygen atoms in total. The van der Waals surface area contributed by atoms with Gasteiger partial charge < -0.3 is 10.1 Å². The monoisotopic (exact) mass is 249 g/mol. The van der Waals surface area contributed by atoms with Crippen LogP contribution in [0.2, 0.25) is 0 Å². The Kier molecular flexibility index (Phi) is 6.37. The number of aryl methyl sites for hydroxylation is 2. The average Bonchev–Trinajstić information content (AvgIpc) is 2.31. The Bertz CT molecular complexity index is 360. The fourth-order valence-corrected chi connectivity index (χ4v) is 2.06. The molecule has 0 amide bonds. The molecule has 18 heavy (non-hydrogen) atoms. The fourth-order valence-electron chi connectivity index (χ4n) is 2.06. The summed E-state index contributed by atoms with van der Waals surface area (Å²) in [5.74, 6) is 0.589. The first-order chi connectivity index (χ1) is 8.54. The minimum Gasteiger partial charge on any atom is -0.379 e. The smallest absolute Gasteiger partial charge is 0.0661 e. The molecule has 2 heteroatoms. The SMILES string of the molecule is CCNC(COCC(C)C)c1cc(C)ccc1C. The molecule has 0 aromatic heterocycles. The lowest BCUT2D eigenvalue weighted by Crippen LogP contribution is -2.26. The van der Waals surface area contributed by atoms with Crippen LogP contribution in [-0.2, 0) is 4.74 Å². The summed E-state index contributed by atoms with van der Waals surface area (Å²) in [5.41, 5.74) is 4.00. The predicted octanol–water partition coefficient (Wildman–Crippen LogP) is 3.63. The van der Waals surface area contributed by atoms with Crippen LogP contribution in [0.5, 0.6) is 0 Å². The Labute approximate surface area is 112 Å². The van der Waals surface area contributed by atoms with Crippen LogP contribution in [0.15, 0.2) is 18.2 Å². The summed E-state index contributed by atoms with van der Waals surface area (Å²) in [6.45, 7) is 13.3. The molecular weight excluding hydrogens is 222 g/mol. The third kappa shape index (κ3) is 4.79. The molecule has 0 saturated carbocycles. The van der Waals surface area contributed by atoms with Crippen LogP contribution in [0.3, 0.4) is 0 Å². The maximum Gasteiger partial charge on any atom is 0.0661 e. The summed E-state index contributed by atoms with van der Waals surface area (Å²) in [5, 5.41) is 3.52. The van der Waals surface area contributed by atoms with Gasteiger partial charge >= 0.3 is 0 Å². The van der Waals surface area contributed by atoms with E-state index in [9.17, 15) is 0 Å². The van der Waals surface area contributed by atoms with Gasteiger partial charge in [0, 0.05) is 6.61 Å². The summed E-state index contributed by atoms with van der Waals surface area (Å²) in [6.07, 6.45) is 0. The second-order valence-corrected chi connectivity index (χ2v) is 5.40. The molecule has 0 heterocycles. The van der Waals surface area contributed by atoms with Crippen molar-refractivity contribution in [3.05, 3.63) is 34.9 Å². The van der Waals surface area contributed by atoms with Crippen molar-refractivity contribution in [1.29, 1.82) is 0 Å². The highest BCUT2D eigenvalue weighted by atomic mass is 16.5. The molecule has 0 radical (unpaired) electrons. The number of nitrogens with one attached hydrogen (secondary N) is 1.